The Morgan fingerprint density at radius 3 is 2.03 bits per heavy atom. The van der Waals surface area contributed by atoms with E-state index in [4.69, 9.17) is 23.2 Å². The van der Waals surface area contributed by atoms with Gasteiger partial charge in [-0.2, -0.15) is 4.31 Å². The normalized spacial score (nSPS) is 11.7. The van der Waals surface area contributed by atoms with Gasteiger partial charge in [0.15, 0.2) is 0 Å². The van der Waals surface area contributed by atoms with Crippen molar-refractivity contribution in [2.75, 3.05) is 43.4 Å². The molecule has 2 amide bonds. The van der Waals surface area contributed by atoms with Crippen molar-refractivity contribution in [1.82, 2.24) is 9.21 Å². The number of amides is 2. The van der Waals surface area contributed by atoms with E-state index in [1.54, 1.807) is 43.9 Å². The lowest BCUT2D eigenvalue weighted by atomic mass is 10.2. The molecule has 0 aromatic heterocycles. The van der Waals surface area contributed by atoms with Gasteiger partial charge in [-0.15, -0.1) is 0 Å². The Balaban J connectivity index is 2.10. The maximum Gasteiger partial charge on any atom is 0.243 e. The van der Waals surface area contributed by atoms with Crippen LogP contribution in [0.3, 0.4) is 0 Å². The molecule has 0 aliphatic heterocycles. The van der Waals surface area contributed by atoms with Crippen LogP contribution >= 0.6 is 23.2 Å². The first kappa shape index (κ1) is 29.1. The van der Waals surface area contributed by atoms with Gasteiger partial charge in [-0.05, 0) is 55.8 Å². The van der Waals surface area contributed by atoms with Gasteiger partial charge in [0, 0.05) is 23.8 Å². The van der Waals surface area contributed by atoms with Crippen LogP contribution in [0.4, 0.5) is 11.4 Å². The predicted molar refractivity (Wildman–Crippen MR) is 142 cm³/mol. The number of benzene rings is 2. The lowest BCUT2D eigenvalue weighted by molar-refractivity contribution is -0.120. The van der Waals surface area contributed by atoms with E-state index in [0.29, 0.717) is 41.1 Å². The molecule has 35 heavy (non-hydrogen) atoms. The van der Waals surface area contributed by atoms with Gasteiger partial charge in [0.2, 0.25) is 21.8 Å². The van der Waals surface area contributed by atoms with Gasteiger partial charge in [0.25, 0.3) is 0 Å². The molecule has 11 heteroatoms. The van der Waals surface area contributed by atoms with Gasteiger partial charge in [-0.1, -0.05) is 50.0 Å². The molecular weight excluding hydrogens is 511 g/mol. The lowest BCUT2D eigenvalue weighted by Gasteiger charge is -2.22. The molecule has 2 rings (SSSR count). The molecule has 192 valence electrons. The molecule has 0 atom stereocenters. The second-order valence-electron chi connectivity index (χ2n) is 8.00. The number of hydrogen-bond donors (Lipinski definition) is 2. The number of carbonyl (C=O) groups excluding carboxylic acids is 2. The van der Waals surface area contributed by atoms with Crippen LogP contribution in [0.1, 0.15) is 32.8 Å². The van der Waals surface area contributed by atoms with Gasteiger partial charge in [0.05, 0.1) is 28.7 Å². The fraction of sp³-hybridized carbons (Fsp3) is 0.417. The number of sulfonamides is 1. The topological polar surface area (TPSA) is 98.8 Å². The summed E-state index contributed by atoms with van der Waals surface area (Å²) in [6.07, 6.45) is 0.735. The number of nitrogens with one attached hydrogen (secondary N) is 2. The number of aryl methyl sites for hydroxylation is 1. The van der Waals surface area contributed by atoms with E-state index in [1.807, 2.05) is 6.92 Å². The predicted octanol–water partition coefficient (Wildman–Crippen LogP) is 4.62. The molecule has 0 heterocycles. The van der Waals surface area contributed by atoms with E-state index in [0.717, 1.165) is 12.0 Å². The summed E-state index contributed by atoms with van der Waals surface area (Å²) in [5.41, 5.74) is 1.58. The Morgan fingerprint density at radius 1 is 0.886 bits per heavy atom. The maximum absolute atomic E-state index is 12.9. The summed E-state index contributed by atoms with van der Waals surface area (Å²) in [7, 11) is -3.66. The number of halogens is 2. The number of rotatable bonds is 12. The molecule has 0 radical (unpaired) electrons. The molecule has 0 bridgehead atoms. The lowest BCUT2D eigenvalue weighted by Crippen LogP contribution is -2.39. The van der Waals surface area contributed by atoms with Crippen LogP contribution in [0, 0.1) is 6.92 Å². The highest BCUT2D eigenvalue weighted by molar-refractivity contribution is 7.89. The van der Waals surface area contributed by atoms with Crippen LogP contribution < -0.4 is 10.6 Å². The second-order valence-corrected chi connectivity index (χ2v) is 10.8. The average molecular weight is 544 g/mol. The fourth-order valence-corrected chi connectivity index (χ4v) is 5.46. The average Bonchev–Trinajstić information content (AvgIpc) is 2.77. The van der Waals surface area contributed by atoms with Crippen LogP contribution in [-0.4, -0.2) is 62.2 Å². The largest absolute Gasteiger partial charge is 0.325 e. The van der Waals surface area contributed by atoms with Crippen molar-refractivity contribution in [3.05, 3.63) is 52.0 Å². The van der Waals surface area contributed by atoms with Crippen molar-refractivity contribution in [1.29, 1.82) is 0 Å². The van der Waals surface area contributed by atoms with Crippen LogP contribution in [-0.2, 0) is 19.6 Å². The third kappa shape index (κ3) is 8.18. The molecule has 2 aromatic rings. The SMILES string of the molecule is CCCN(CC(=O)Nc1cc(S(=O)(=O)N(CC)CC)ccc1C)CC(=O)Nc1ccc(Cl)cc1Cl. The maximum atomic E-state index is 12.9. The van der Waals surface area contributed by atoms with Gasteiger partial charge in [-0.3, -0.25) is 14.5 Å². The molecule has 2 N–H and O–H groups in total. The summed E-state index contributed by atoms with van der Waals surface area (Å²) >= 11 is 12.0. The molecule has 2 aromatic carbocycles. The highest BCUT2D eigenvalue weighted by atomic mass is 35.5. The zero-order valence-corrected chi connectivity index (χ0v) is 22.7. The second kappa shape index (κ2) is 13.2. The monoisotopic (exact) mass is 542 g/mol. The third-order valence-corrected chi connectivity index (χ3v) is 7.90. The van der Waals surface area contributed by atoms with E-state index < -0.39 is 10.0 Å². The first-order valence-electron chi connectivity index (χ1n) is 11.4. The Kier molecular flexibility index (Phi) is 11.0. The zero-order valence-electron chi connectivity index (χ0n) is 20.4. The van der Waals surface area contributed by atoms with E-state index in [9.17, 15) is 18.0 Å². The zero-order chi connectivity index (χ0) is 26.2. The first-order valence-corrected chi connectivity index (χ1v) is 13.6. The van der Waals surface area contributed by atoms with Crippen LogP contribution in [0.5, 0.6) is 0 Å². The smallest absolute Gasteiger partial charge is 0.243 e. The highest BCUT2D eigenvalue weighted by Gasteiger charge is 2.23. The van der Waals surface area contributed by atoms with Gasteiger partial charge in [0.1, 0.15) is 0 Å². The molecule has 0 aliphatic carbocycles. The van der Waals surface area contributed by atoms with Gasteiger partial charge in [-0.25, -0.2) is 8.42 Å². The summed E-state index contributed by atoms with van der Waals surface area (Å²) < 4.78 is 27.1. The highest BCUT2D eigenvalue weighted by Crippen LogP contribution is 2.25. The quantitative estimate of drug-likeness (QED) is 0.407. The molecule has 0 spiro atoms. The Morgan fingerprint density at radius 2 is 1.49 bits per heavy atom. The van der Waals surface area contributed by atoms with Crippen molar-refractivity contribution < 1.29 is 18.0 Å². The van der Waals surface area contributed by atoms with Gasteiger partial charge < -0.3 is 10.6 Å². The van der Waals surface area contributed by atoms with E-state index in [-0.39, 0.29) is 29.8 Å². The van der Waals surface area contributed by atoms with E-state index in [2.05, 4.69) is 10.6 Å². The number of nitrogens with zero attached hydrogens (tertiary/aromatic N) is 2. The Labute approximate surface area is 217 Å². The standard InChI is InChI=1S/C24H32Cl2N4O4S/c1-5-12-29(15-23(31)27-21-11-9-18(25)13-20(21)26)16-24(32)28-22-14-19(10-8-17(22)4)35(33,34)30(6-2)7-3/h8-11,13-14H,5-7,12,15-16H2,1-4H3,(H,27,31)(H,28,32). The summed E-state index contributed by atoms with van der Waals surface area (Å²) in [4.78, 5) is 27.2. The molecular formula is C24H32Cl2N4O4S. The van der Waals surface area contributed by atoms with Crippen LogP contribution in [0.2, 0.25) is 10.0 Å². The van der Waals surface area contributed by atoms with Gasteiger partial charge >= 0.3 is 0 Å². The molecule has 0 saturated heterocycles. The third-order valence-electron chi connectivity index (χ3n) is 5.31. The fourth-order valence-electron chi connectivity index (χ4n) is 3.52. The minimum atomic E-state index is -3.66. The Bertz CT molecular complexity index is 1150. The minimum Gasteiger partial charge on any atom is -0.325 e. The van der Waals surface area contributed by atoms with Crippen molar-refractivity contribution in [2.45, 2.75) is 39.0 Å². The molecule has 0 unspecified atom stereocenters. The summed E-state index contributed by atoms with van der Waals surface area (Å²) in [5.74, 6) is -0.671. The number of anilines is 2. The van der Waals surface area contributed by atoms with Crippen LogP contribution in [0.25, 0.3) is 0 Å². The van der Waals surface area contributed by atoms with Crippen molar-refractivity contribution in [3.63, 3.8) is 0 Å². The van der Waals surface area contributed by atoms with Crippen molar-refractivity contribution in [2.24, 2.45) is 0 Å². The molecule has 8 nitrogen and oxygen atoms in total. The van der Waals surface area contributed by atoms with Crippen molar-refractivity contribution >= 4 is 56.4 Å². The Hall–Kier alpha value is -2.17. The summed E-state index contributed by atoms with van der Waals surface area (Å²) in [6, 6.07) is 9.44. The summed E-state index contributed by atoms with van der Waals surface area (Å²) in [5, 5.41) is 6.30. The minimum absolute atomic E-state index is 0.0183. The first-order chi connectivity index (χ1) is 16.5. The van der Waals surface area contributed by atoms with Crippen molar-refractivity contribution in [3.8, 4) is 0 Å². The van der Waals surface area contributed by atoms with E-state index >= 15 is 0 Å². The molecule has 0 fully saturated rings. The number of hydrogen-bond acceptors (Lipinski definition) is 5. The summed E-state index contributed by atoms with van der Waals surface area (Å²) in [6.45, 7) is 8.45. The van der Waals surface area contributed by atoms with E-state index in [1.165, 1.54) is 22.5 Å². The van der Waals surface area contributed by atoms with Crippen LogP contribution in [0.15, 0.2) is 41.3 Å². The number of carbonyl (C=O) groups is 2. The molecule has 0 aliphatic rings. The molecule has 0 saturated carbocycles.